The highest BCUT2D eigenvalue weighted by molar-refractivity contribution is 7.71. The summed E-state index contributed by atoms with van der Waals surface area (Å²) >= 11 is 5.09. The van der Waals surface area contributed by atoms with Crippen LogP contribution in [0.25, 0.3) is 0 Å². The van der Waals surface area contributed by atoms with Crippen molar-refractivity contribution in [1.82, 2.24) is 4.98 Å². The first-order valence-electron chi connectivity index (χ1n) is 5.51. The number of aromatic nitrogens is 1. The number of carbonyl (C=O) groups excluding carboxylic acids is 1. The zero-order chi connectivity index (χ0) is 12.4. The van der Waals surface area contributed by atoms with Crippen LogP contribution in [0.5, 0.6) is 0 Å². The van der Waals surface area contributed by atoms with E-state index in [1.54, 1.807) is 13.0 Å². The lowest BCUT2D eigenvalue weighted by atomic mass is 10.1. The highest BCUT2D eigenvalue weighted by atomic mass is 32.1. The molecule has 0 aliphatic heterocycles. The molecule has 1 heterocycles. The molecule has 1 fully saturated rings. The van der Waals surface area contributed by atoms with Crippen LogP contribution >= 0.6 is 12.2 Å². The third-order valence-corrected chi connectivity index (χ3v) is 2.98. The minimum atomic E-state index is -0.481. The number of rotatable bonds is 3. The van der Waals surface area contributed by atoms with E-state index in [1.165, 1.54) is 0 Å². The van der Waals surface area contributed by atoms with Crippen molar-refractivity contribution in [2.75, 3.05) is 6.61 Å². The standard InChI is InChI=1S/C12H12N2O2S/c1-2-16-12(15)8-5-10(7-3-4-7)14-11(17)9(8)6-13/h5,7H,2-4H2,1H3,(H,14,17). The van der Waals surface area contributed by atoms with Crippen LogP contribution in [0.1, 0.15) is 47.3 Å². The number of hydrogen-bond donors (Lipinski definition) is 1. The number of ether oxygens (including phenoxy) is 1. The molecule has 1 aromatic heterocycles. The predicted octanol–water partition coefficient (Wildman–Crippen LogP) is 2.67. The Morgan fingerprint density at radius 3 is 2.94 bits per heavy atom. The quantitative estimate of drug-likeness (QED) is 0.659. The average molecular weight is 248 g/mol. The van der Waals surface area contributed by atoms with Gasteiger partial charge in [-0.3, -0.25) is 0 Å². The third kappa shape index (κ3) is 2.37. The van der Waals surface area contributed by atoms with E-state index in [4.69, 9.17) is 22.2 Å². The lowest BCUT2D eigenvalue weighted by Crippen LogP contribution is -2.09. The van der Waals surface area contributed by atoms with Gasteiger partial charge in [0.2, 0.25) is 0 Å². The minimum Gasteiger partial charge on any atom is -0.462 e. The molecule has 0 amide bonds. The van der Waals surface area contributed by atoms with Crippen molar-refractivity contribution >= 4 is 18.2 Å². The molecule has 2 rings (SSSR count). The maximum Gasteiger partial charge on any atom is 0.339 e. The van der Waals surface area contributed by atoms with E-state index in [9.17, 15) is 4.79 Å². The lowest BCUT2D eigenvalue weighted by Gasteiger charge is -2.07. The Hall–Kier alpha value is -1.67. The Kier molecular flexibility index (Phi) is 3.25. The fourth-order valence-corrected chi connectivity index (χ4v) is 1.95. The van der Waals surface area contributed by atoms with Gasteiger partial charge in [0.25, 0.3) is 0 Å². The highest BCUT2D eigenvalue weighted by Gasteiger charge is 2.26. The monoisotopic (exact) mass is 248 g/mol. The summed E-state index contributed by atoms with van der Waals surface area (Å²) < 4.78 is 5.25. The molecule has 0 unspecified atom stereocenters. The summed E-state index contributed by atoms with van der Waals surface area (Å²) in [4.78, 5) is 14.7. The Balaban J connectivity index is 2.50. The first kappa shape index (κ1) is 11.8. The van der Waals surface area contributed by atoms with Gasteiger partial charge in [-0.2, -0.15) is 5.26 Å². The Bertz CT molecular complexity index is 553. The second-order valence-corrected chi connectivity index (χ2v) is 4.36. The summed E-state index contributed by atoms with van der Waals surface area (Å²) in [6.07, 6.45) is 2.19. The zero-order valence-corrected chi connectivity index (χ0v) is 10.3. The van der Waals surface area contributed by atoms with Crippen LogP contribution < -0.4 is 0 Å². The van der Waals surface area contributed by atoms with Crippen molar-refractivity contribution in [2.45, 2.75) is 25.7 Å². The molecule has 5 heteroatoms. The first-order chi connectivity index (χ1) is 8.17. The number of nitriles is 1. The SMILES string of the molecule is CCOC(=O)c1cc(C2CC2)[nH]c(=S)c1C#N. The molecule has 0 atom stereocenters. The van der Waals surface area contributed by atoms with Crippen LogP contribution in [0.4, 0.5) is 0 Å². The molecular weight excluding hydrogens is 236 g/mol. The van der Waals surface area contributed by atoms with Crippen molar-refractivity contribution in [2.24, 2.45) is 0 Å². The molecule has 0 spiro atoms. The molecule has 4 nitrogen and oxygen atoms in total. The van der Waals surface area contributed by atoms with E-state index in [0.29, 0.717) is 10.6 Å². The van der Waals surface area contributed by atoms with E-state index in [2.05, 4.69) is 4.98 Å². The third-order valence-electron chi connectivity index (χ3n) is 2.68. The van der Waals surface area contributed by atoms with Gasteiger partial charge in [0, 0.05) is 5.69 Å². The second-order valence-electron chi connectivity index (χ2n) is 3.95. The van der Waals surface area contributed by atoms with Crippen LogP contribution in [0, 0.1) is 16.0 Å². The smallest absolute Gasteiger partial charge is 0.339 e. The molecule has 1 aromatic rings. The minimum absolute atomic E-state index is 0.197. The molecule has 0 aromatic carbocycles. The molecular formula is C12H12N2O2S. The van der Waals surface area contributed by atoms with Crippen LogP contribution in [0.2, 0.25) is 0 Å². The first-order valence-corrected chi connectivity index (χ1v) is 5.92. The Labute approximate surface area is 104 Å². The largest absolute Gasteiger partial charge is 0.462 e. The van der Waals surface area contributed by atoms with Gasteiger partial charge in [0.15, 0.2) is 0 Å². The number of carbonyl (C=O) groups is 1. The van der Waals surface area contributed by atoms with Gasteiger partial charge in [0.05, 0.1) is 12.2 Å². The lowest BCUT2D eigenvalue weighted by molar-refractivity contribution is 0.0525. The van der Waals surface area contributed by atoms with Crippen LogP contribution in [0.15, 0.2) is 6.07 Å². The van der Waals surface area contributed by atoms with Crippen molar-refractivity contribution in [3.63, 3.8) is 0 Å². The van der Waals surface area contributed by atoms with Gasteiger partial charge >= 0.3 is 5.97 Å². The molecule has 0 bridgehead atoms. The highest BCUT2D eigenvalue weighted by Crippen LogP contribution is 2.39. The summed E-state index contributed by atoms with van der Waals surface area (Å²) in [6.45, 7) is 2.02. The van der Waals surface area contributed by atoms with E-state index in [-0.39, 0.29) is 17.7 Å². The molecule has 0 radical (unpaired) electrons. The number of aromatic amines is 1. The Morgan fingerprint density at radius 2 is 2.41 bits per heavy atom. The van der Waals surface area contributed by atoms with Crippen molar-refractivity contribution < 1.29 is 9.53 Å². The van der Waals surface area contributed by atoms with Crippen LogP contribution in [-0.2, 0) is 4.74 Å². The fourth-order valence-electron chi connectivity index (χ4n) is 1.67. The number of esters is 1. The predicted molar refractivity (Wildman–Crippen MR) is 64.3 cm³/mol. The van der Waals surface area contributed by atoms with Crippen LogP contribution in [0.3, 0.4) is 0 Å². The molecule has 0 saturated heterocycles. The van der Waals surface area contributed by atoms with Crippen molar-refractivity contribution in [3.8, 4) is 6.07 Å². The number of hydrogen-bond acceptors (Lipinski definition) is 4. The molecule has 1 N–H and O–H groups in total. The normalized spacial score (nSPS) is 14.1. The second kappa shape index (κ2) is 4.68. The number of nitrogens with zero attached hydrogens (tertiary/aromatic N) is 1. The average Bonchev–Trinajstić information content (AvgIpc) is 3.12. The number of H-pyrrole nitrogens is 1. The van der Waals surface area contributed by atoms with Gasteiger partial charge in [-0.1, -0.05) is 12.2 Å². The molecule has 17 heavy (non-hydrogen) atoms. The number of nitrogens with one attached hydrogen (secondary N) is 1. The summed E-state index contributed by atoms with van der Waals surface area (Å²) in [5, 5.41) is 9.02. The molecule has 88 valence electrons. The summed E-state index contributed by atoms with van der Waals surface area (Å²) in [5.74, 6) is -0.0383. The maximum absolute atomic E-state index is 11.7. The molecule has 1 aliphatic carbocycles. The zero-order valence-electron chi connectivity index (χ0n) is 9.45. The summed E-state index contributed by atoms with van der Waals surface area (Å²) in [5.41, 5.74) is 1.40. The van der Waals surface area contributed by atoms with Gasteiger partial charge in [-0.05, 0) is 31.7 Å². The van der Waals surface area contributed by atoms with E-state index in [1.807, 2.05) is 6.07 Å². The van der Waals surface area contributed by atoms with E-state index in [0.717, 1.165) is 18.5 Å². The Morgan fingerprint density at radius 1 is 1.71 bits per heavy atom. The maximum atomic E-state index is 11.7. The fraction of sp³-hybridized carbons (Fsp3) is 0.417. The topological polar surface area (TPSA) is 65.9 Å². The summed E-state index contributed by atoms with van der Waals surface area (Å²) in [6, 6.07) is 3.65. The van der Waals surface area contributed by atoms with Crippen LogP contribution in [-0.4, -0.2) is 17.6 Å². The summed E-state index contributed by atoms with van der Waals surface area (Å²) in [7, 11) is 0. The molecule has 1 saturated carbocycles. The number of pyridine rings is 1. The van der Waals surface area contributed by atoms with Gasteiger partial charge < -0.3 is 9.72 Å². The van der Waals surface area contributed by atoms with Gasteiger partial charge in [0.1, 0.15) is 16.3 Å². The van der Waals surface area contributed by atoms with E-state index < -0.39 is 5.97 Å². The van der Waals surface area contributed by atoms with Crippen molar-refractivity contribution in [1.29, 1.82) is 5.26 Å². The molecule has 1 aliphatic rings. The van der Waals surface area contributed by atoms with Gasteiger partial charge in [-0.25, -0.2) is 4.79 Å². The van der Waals surface area contributed by atoms with Crippen molar-refractivity contribution in [3.05, 3.63) is 27.5 Å². The van der Waals surface area contributed by atoms with E-state index >= 15 is 0 Å². The van der Waals surface area contributed by atoms with Gasteiger partial charge in [-0.15, -0.1) is 0 Å².